The van der Waals surface area contributed by atoms with Gasteiger partial charge >= 0.3 is 0 Å². The van der Waals surface area contributed by atoms with Gasteiger partial charge in [-0.15, -0.1) is 0 Å². The van der Waals surface area contributed by atoms with Crippen molar-refractivity contribution in [3.63, 3.8) is 0 Å². The summed E-state index contributed by atoms with van der Waals surface area (Å²) < 4.78 is 5.81. The van der Waals surface area contributed by atoms with Crippen molar-refractivity contribution in [1.29, 1.82) is 0 Å². The van der Waals surface area contributed by atoms with E-state index in [1.165, 1.54) is 0 Å². The van der Waals surface area contributed by atoms with E-state index >= 15 is 0 Å². The van der Waals surface area contributed by atoms with Crippen LogP contribution in [0.25, 0.3) is 0 Å². The monoisotopic (exact) mass is 284 g/mol. The van der Waals surface area contributed by atoms with E-state index in [-0.39, 0.29) is 5.54 Å². The van der Waals surface area contributed by atoms with Crippen LogP contribution in [0.5, 0.6) is 0 Å². The highest BCUT2D eigenvalue weighted by molar-refractivity contribution is 4.96. The molecule has 1 rings (SSSR count). The number of hydrogen-bond donors (Lipinski definition) is 1. The van der Waals surface area contributed by atoms with E-state index in [0.29, 0.717) is 11.5 Å². The lowest BCUT2D eigenvalue weighted by atomic mass is 9.82. The van der Waals surface area contributed by atoms with E-state index in [1.807, 2.05) is 0 Å². The summed E-state index contributed by atoms with van der Waals surface area (Å²) in [7, 11) is 0. The molecular formula is C17H36N2O. The molecule has 20 heavy (non-hydrogen) atoms. The molecule has 3 nitrogen and oxygen atoms in total. The Balaban J connectivity index is 2.44. The standard InChI is InChI=1S/C17H36N2O/c1-14(2)8-10-20-11-9-19-13-17(6,7)18-12-15(19)16(3,4)5/h14-15,18H,8-13H2,1-7H3. The Morgan fingerprint density at radius 2 is 1.90 bits per heavy atom. The molecule has 0 aromatic rings. The minimum absolute atomic E-state index is 0.208. The molecule has 1 N–H and O–H groups in total. The predicted molar refractivity (Wildman–Crippen MR) is 87.2 cm³/mol. The third-order valence-electron chi connectivity index (χ3n) is 4.18. The van der Waals surface area contributed by atoms with Gasteiger partial charge in [-0.25, -0.2) is 0 Å². The molecule has 0 aliphatic carbocycles. The zero-order valence-corrected chi connectivity index (χ0v) is 14.8. The Kier molecular flexibility index (Phi) is 6.49. The molecule has 1 aliphatic heterocycles. The molecule has 1 aliphatic rings. The number of nitrogens with zero attached hydrogens (tertiary/aromatic N) is 1. The van der Waals surface area contributed by atoms with Crippen molar-refractivity contribution >= 4 is 0 Å². The molecule has 0 aromatic heterocycles. The van der Waals surface area contributed by atoms with Gasteiger partial charge in [-0.3, -0.25) is 4.90 Å². The molecule has 1 atom stereocenters. The number of ether oxygens (including phenoxy) is 1. The van der Waals surface area contributed by atoms with Crippen molar-refractivity contribution in [2.75, 3.05) is 32.8 Å². The van der Waals surface area contributed by atoms with Crippen molar-refractivity contribution < 1.29 is 4.74 Å². The fourth-order valence-electron chi connectivity index (χ4n) is 2.87. The van der Waals surface area contributed by atoms with Gasteiger partial charge in [0.05, 0.1) is 6.61 Å². The molecule has 3 heteroatoms. The topological polar surface area (TPSA) is 24.5 Å². The van der Waals surface area contributed by atoms with Crippen molar-refractivity contribution in [1.82, 2.24) is 10.2 Å². The van der Waals surface area contributed by atoms with Gasteiger partial charge < -0.3 is 10.1 Å². The lowest BCUT2D eigenvalue weighted by Crippen LogP contribution is -2.65. The van der Waals surface area contributed by atoms with Crippen molar-refractivity contribution in [2.24, 2.45) is 11.3 Å². The van der Waals surface area contributed by atoms with E-state index < -0.39 is 0 Å². The second-order valence-corrected chi connectivity index (χ2v) is 8.41. The quantitative estimate of drug-likeness (QED) is 0.758. The van der Waals surface area contributed by atoms with Crippen molar-refractivity contribution in [2.45, 2.75) is 66.5 Å². The summed E-state index contributed by atoms with van der Waals surface area (Å²) in [6.45, 7) is 21.1. The number of piperazine rings is 1. The summed E-state index contributed by atoms with van der Waals surface area (Å²) in [5, 5.41) is 3.68. The first-order valence-electron chi connectivity index (χ1n) is 8.18. The molecule has 1 unspecified atom stereocenters. The van der Waals surface area contributed by atoms with Crippen molar-refractivity contribution in [3.05, 3.63) is 0 Å². The largest absolute Gasteiger partial charge is 0.380 e. The predicted octanol–water partition coefficient (Wildman–Crippen LogP) is 3.15. The summed E-state index contributed by atoms with van der Waals surface area (Å²) in [4.78, 5) is 2.62. The van der Waals surface area contributed by atoms with E-state index in [1.54, 1.807) is 0 Å². The van der Waals surface area contributed by atoms with Crippen LogP contribution >= 0.6 is 0 Å². The zero-order valence-electron chi connectivity index (χ0n) is 14.8. The second kappa shape index (κ2) is 7.24. The maximum absolute atomic E-state index is 5.81. The Bertz CT molecular complexity index is 281. The van der Waals surface area contributed by atoms with E-state index in [9.17, 15) is 0 Å². The first kappa shape index (κ1) is 17.9. The van der Waals surface area contributed by atoms with Crippen molar-refractivity contribution in [3.8, 4) is 0 Å². The average Bonchev–Trinajstić information content (AvgIpc) is 2.25. The van der Waals surface area contributed by atoms with E-state index in [2.05, 4.69) is 58.7 Å². The summed E-state index contributed by atoms with van der Waals surface area (Å²) >= 11 is 0. The van der Waals surface area contributed by atoms with Gasteiger partial charge in [0.2, 0.25) is 0 Å². The van der Waals surface area contributed by atoms with Crippen LogP contribution in [0.3, 0.4) is 0 Å². The highest BCUT2D eigenvalue weighted by atomic mass is 16.5. The van der Waals surface area contributed by atoms with Gasteiger partial charge in [0.1, 0.15) is 0 Å². The van der Waals surface area contributed by atoms with Crippen LogP contribution in [0.2, 0.25) is 0 Å². The Morgan fingerprint density at radius 1 is 1.25 bits per heavy atom. The molecule has 120 valence electrons. The second-order valence-electron chi connectivity index (χ2n) is 8.41. The molecule has 0 saturated carbocycles. The summed E-state index contributed by atoms with van der Waals surface area (Å²) in [6, 6.07) is 0.587. The summed E-state index contributed by atoms with van der Waals surface area (Å²) in [6.07, 6.45) is 1.16. The van der Waals surface area contributed by atoms with Gasteiger partial charge in [0.25, 0.3) is 0 Å². The van der Waals surface area contributed by atoms with Gasteiger partial charge in [-0.2, -0.15) is 0 Å². The molecule has 1 saturated heterocycles. The van der Waals surface area contributed by atoms with E-state index in [0.717, 1.165) is 45.2 Å². The third kappa shape index (κ3) is 6.11. The molecule has 0 bridgehead atoms. The van der Waals surface area contributed by atoms with Gasteiger partial charge in [-0.1, -0.05) is 34.6 Å². The van der Waals surface area contributed by atoms with Crippen LogP contribution in [0.4, 0.5) is 0 Å². The normalized spacial score (nSPS) is 24.3. The minimum atomic E-state index is 0.208. The van der Waals surface area contributed by atoms with Gasteiger partial charge in [0, 0.05) is 37.8 Å². The van der Waals surface area contributed by atoms with E-state index in [4.69, 9.17) is 4.74 Å². The molecular weight excluding hydrogens is 248 g/mol. The van der Waals surface area contributed by atoms with Crippen LogP contribution in [0.15, 0.2) is 0 Å². The molecule has 1 fully saturated rings. The Morgan fingerprint density at radius 3 is 2.45 bits per heavy atom. The Labute approximate surface area is 126 Å². The van der Waals surface area contributed by atoms with Crippen LogP contribution in [-0.2, 0) is 4.74 Å². The molecule has 0 aromatic carbocycles. The van der Waals surface area contributed by atoms with Crippen LogP contribution in [-0.4, -0.2) is 49.3 Å². The molecule has 0 spiro atoms. The first-order chi connectivity index (χ1) is 9.12. The fourth-order valence-corrected chi connectivity index (χ4v) is 2.87. The molecule has 0 amide bonds. The Hall–Kier alpha value is -0.120. The highest BCUT2D eigenvalue weighted by Gasteiger charge is 2.37. The third-order valence-corrected chi connectivity index (χ3v) is 4.18. The smallest absolute Gasteiger partial charge is 0.0593 e. The summed E-state index contributed by atoms with van der Waals surface area (Å²) in [5.74, 6) is 0.732. The maximum atomic E-state index is 5.81. The fraction of sp³-hybridized carbons (Fsp3) is 1.00. The molecule has 1 heterocycles. The van der Waals surface area contributed by atoms with Crippen LogP contribution in [0, 0.1) is 11.3 Å². The lowest BCUT2D eigenvalue weighted by molar-refractivity contribution is 0.00759. The highest BCUT2D eigenvalue weighted by Crippen LogP contribution is 2.28. The van der Waals surface area contributed by atoms with Crippen LogP contribution < -0.4 is 5.32 Å². The average molecular weight is 284 g/mol. The van der Waals surface area contributed by atoms with Crippen LogP contribution in [0.1, 0.15) is 54.9 Å². The van der Waals surface area contributed by atoms with Gasteiger partial charge in [0.15, 0.2) is 0 Å². The SMILES string of the molecule is CC(C)CCOCCN1CC(C)(C)NCC1C(C)(C)C. The lowest BCUT2D eigenvalue weighted by Gasteiger charge is -2.49. The zero-order chi connectivity index (χ0) is 15.4. The molecule has 0 radical (unpaired) electrons. The van der Waals surface area contributed by atoms with Gasteiger partial charge in [-0.05, 0) is 31.6 Å². The first-order valence-corrected chi connectivity index (χ1v) is 8.18. The summed E-state index contributed by atoms with van der Waals surface area (Å²) in [5.41, 5.74) is 0.515. The number of rotatable bonds is 6. The number of hydrogen-bond acceptors (Lipinski definition) is 3. The minimum Gasteiger partial charge on any atom is -0.380 e. The maximum Gasteiger partial charge on any atom is 0.0593 e. The number of nitrogens with one attached hydrogen (secondary N) is 1.